The molecule has 0 aromatic heterocycles. The van der Waals surface area contributed by atoms with Gasteiger partial charge in [-0.1, -0.05) is 15.9 Å². The van der Waals surface area contributed by atoms with Gasteiger partial charge in [-0.25, -0.2) is 9.59 Å². The van der Waals surface area contributed by atoms with Crippen LogP contribution in [-0.4, -0.2) is 48.2 Å². The molecule has 0 atom stereocenters. The van der Waals surface area contributed by atoms with Gasteiger partial charge in [0.1, 0.15) is 5.66 Å². The molecule has 9 heteroatoms. The van der Waals surface area contributed by atoms with Crippen molar-refractivity contribution in [3.05, 3.63) is 58.1 Å². The van der Waals surface area contributed by atoms with E-state index in [9.17, 15) is 14.4 Å². The smallest absolute Gasteiger partial charge is 0.338 e. The van der Waals surface area contributed by atoms with E-state index in [-0.39, 0.29) is 11.9 Å². The van der Waals surface area contributed by atoms with Gasteiger partial charge in [-0.2, -0.15) is 0 Å². The highest BCUT2D eigenvalue weighted by Gasteiger charge is 2.41. The zero-order valence-electron chi connectivity index (χ0n) is 17.0. The van der Waals surface area contributed by atoms with Crippen molar-refractivity contribution >= 4 is 45.2 Å². The molecule has 2 aromatic carbocycles. The molecule has 0 bridgehead atoms. The van der Waals surface area contributed by atoms with Gasteiger partial charge in [-0.3, -0.25) is 4.79 Å². The number of anilines is 2. The highest BCUT2D eigenvalue weighted by molar-refractivity contribution is 9.10. The highest BCUT2D eigenvalue weighted by atomic mass is 79.9. The summed E-state index contributed by atoms with van der Waals surface area (Å²) >= 11 is 3.39. The van der Waals surface area contributed by atoms with E-state index >= 15 is 0 Å². The van der Waals surface area contributed by atoms with Gasteiger partial charge in [0.25, 0.3) is 5.91 Å². The lowest BCUT2D eigenvalue weighted by molar-refractivity contribution is 0.0526. The molecule has 2 aliphatic rings. The first kappa shape index (κ1) is 21.2. The number of hydrogen-bond acceptors (Lipinski definition) is 5. The van der Waals surface area contributed by atoms with Crippen LogP contribution in [-0.2, 0) is 4.74 Å². The fourth-order valence-electron chi connectivity index (χ4n) is 3.84. The Bertz CT molecular complexity index is 1020. The third-order valence-corrected chi connectivity index (χ3v) is 6.00. The number of esters is 1. The Hall–Kier alpha value is -3.07. The number of carbonyl (C=O) groups excluding carboxylic acids is 3. The Morgan fingerprint density at radius 2 is 1.84 bits per heavy atom. The Labute approximate surface area is 188 Å². The number of nitrogens with zero attached hydrogens (tertiary/aromatic N) is 1. The number of rotatable bonds is 3. The predicted octanol–water partition coefficient (Wildman–Crippen LogP) is 3.81. The first-order chi connectivity index (χ1) is 14.9. The maximum Gasteiger partial charge on any atom is 0.338 e. The fraction of sp³-hybridized carbons (Fsp3) is 0.318. The molecule has 162 valence electrons. The number of piperidine rings is 1. The van der Waals surface area contributed by atoms with Crippen molar-refractivity contribution in [1.29, 1.82) is 0 Å². The average Bonchev–Trinajstić information content (AvgIpc) is 2.75. The average molecular weight is 487 g/mol. The van der Waals surface area contributed by atoms with E-state index in [0.29, 0.717) is 49.4 Å². The molecule has 2 aliphatic heterocycles. The molecule has 3 amide bonds. The van der Waals surface area contributed by atoms with E-state index in [1.807, 2.05) is 12.1 Å². The van der Waals surface area contributed by atoms with Crippen molar-refractivity contribution in [2.24, 2.45) is 0 Å². The van der Waals surface area contributed by atoms with Gasteiger partial charge in [-0.15, -0.1) is 0 Å². The van der Waals surface area contributed by atoms with Gasteiger partial charge in [0, 0.05) is 41.8 Å². The second-order valence-corrected chi connectivity index (χ2v) is 8.48. The maximum absolute atomic E-state index is 12.7. The lowest BCUT2D eigenvalue weighted by atomic mass is 9.92. The second-order valence-electron chi connectivity index (χ2n) is 7.57. The van der Waals surface area contributed by atoms with Crippen LogP contribution >= 0.6 is 15.9 Å². The summed E-state index contributed by atoms with van der Waals surface area (Å²) in [4.78, 5) is 38.7. The molecule has 2 heterocycles. The topological polar surface area (TPSA) is 99.8 Å². The first-order valence-corrected chi connectivity index (χ1v) is 10.9. The summed E-state index contributed by atoms with van der Waals surface area (Å²) in [5.74, 6) is -0.507. The summed E-state index contributed by atoms with van der Waals surface area (Å²) in [6, 6.07) is 11.9. The summed E-state index contributed by atoms with van der Waals surface area (Å²) in [5.41, 5.74) is 1.88. The van der Waals surface area contributed by atoms with Crippen LogP contribution in [0.3, 0.4) is 0 Å². The zero-order chi connectivity index (χ0) is 22.0. The Morgan fingerprint density at radius 1 is 1.13 bits per heavy atom. The molecule has 1 spiro atoms. The minimum atomic E-state index is -0.560. The molecule has 4 rings (SSSR count). The van der Waals surface area contributed by atoms with Crippen LogP contribution in [0.25, 0.3) is 0 Å². The lowest BCUT2D eigenvalue weighted by Gasteiger charge is -2.45. The molecule has 0 unspecified atom stereocenters. The second kappa shape index (κ2) is 8.58. The molecule has 2 aromatic rings. The normalized spacial score (nSPS) is 16.7. The van der Waals surface area contributed by atoms with Crippen molar-refractivity contribution < 1.29 is 19.1 Å². The summed E-state index contributed by atoms with van der Waals surface area (Å²) in [7, 11) is 0. The Kier molecular flexibility index (Phi) is 5.86. The number of nitrogens with one attached hydrogen (secondary N) is 3. The van der Waals surface area contributed by atoms with E-state index in [4.69, 9.17) is 4.74 Å². The van der Waals surface area contributed by atoms with Gasteiger partial charge in [0.2, 0.25) is 0 Å². The van der Waals surface area contributed by atoms with E-state index in [1.165, 1.54) is 0 Å². The fourth-order valence-corrected chi connectivity index (χ4v) is 4.20. The minimum Gasteiger partial charge on any atom is -0.462 e. The van der Waals surface area contributed by atoms with Crippen molar-refractivity contribution in [3.8, 4) is 0 Å². The number of halogens is 1. The molecule has 8 nitrogen and oxygen atoms in total. The molecule has 31 heavy (non-hydrogen) atoms. The number of carbonyl (C=O) groups is 3. The maximum atomic E-state index is 12.7. The summed E-state index contributed by atoms with van der Waals surface area (Å²) in [5, 5.41) is 9.38. The lowest BCUT2D eigenvalue weighted by Crippen LogP contribution is -2.63. The summed E-state index contributed by atoms with van der Waals surface area (Å²) in [6.07, 6.45) is 1.17. The molecular weight excluding hydrogens is 464 g/mol. The summed E-state index contributed by atoms with van der Waals surface area (Å²) < 4.78 is 5.81. The highest BCUT2D eigenvalue weighted by Crippen LogP contribution is 2.33. The van der Waals surface area contributed by atoms with Gasteiger partial charge >= 0.3 is 12.0 Å². The largest absolute Gasteiger partial charge is 0.462 e. The predicted molar refractivity (Wildman–Crippen MR) is 120 cm³/mol. The molecule has 3 N–H and O–H groups in total. The molecule has 0 radical (unpaired) electrons. The van der Waals surface area contributed by atoms with Crippen LogP contribution in [0.4, 0.5) is 16.2 Å². The van der Waals surface area contributed by atoms with Crippen LogP contribution in [0.2, 0.25) is 0 Å². The number of hydrogen-bond donors (Lipinski definition) is 3. The SMILES string of the molecule is CCOC(=O)c1ccc(NC(=O)N2CCC3(CC2)NC(=O)c2cc(Br)ccc2N3)cc1. The van der Waals surface area contributed by atoms with E-state index in [0.717, 1.165) is 10.2 Å². The number of urea groups is 1. The molecular formula is C22H23BrN4O4. The molecule has 0 aliphatic carbocycles. The standard InChI is InChI=1S/C22H23BrN4O4/c1-2-31-20(29)14-3-6-16(7-4-14)24-21(30)27-11-9-22(10-12-27)25-18-8-5-15(23)13-17(18)19(28)26-22/h3-8,13,25H,2,9-12H2,1H3,(H,24,30)(H,26,28). The van der Waals surface area contributed by atoms with Gasteiger partial charge < -0.3 is 25.6 Å². The third kappa shape index (κ3) is 4.51. The van der Waals surface area contributed by atoms with Crippen LogP contribution in [0.15, 0.2) is 46.9 Å². The number of likely N-dealkylation sites (tertiary alicyclic amines) is 1. The number of amides is 3. The third-order valence-electron chi connectivity index (χ3n) is 5.50. The Balaban J connectivity index is 1.35. The molecule has 1 saturated heterocycles. The monoisotopic (exact) mass is 486 g/mol. The van der Waals surface area contributed by atoms with Crippen LogP contribution in [0.5, 0.6) is 0 Å². The van der Waals surface area contributed by atoms with Gasteiger partial charge in [0.15, 0.2) is 0 Å². The van der Waals surface area contributed by atoms with Gasteiger partial charge in [-0.05, 0) is 49.4 Å². The van der Waals surface area contributed by atoms with E-state index < -0.39 is 11.6 Å². The van der Waals surface area contributed by atoms with Crippen LogP contribution in [0.1, 0.15) is 40.5 Å². The number of fused-ring (bicyclic) bond motifs is 1. The zero-order valence-corrected chi connectivity index (χ0v) is 18.6. The van der Waals surface area contributed by atoms with E-state index in [2.05, 4.69) is 31.9 Å². The minimum absolute atomic E-state index is 0.116. The van der Waals surface area contributed by atoms with Gasteiger partial charge in [0.05, 0.1) is 17.7 Å². The number of benzene rings is 2. The van der Waals surface area contributed by atoms with Crippen molar-refractivity contribution in [3.63, 3.8) is 0 Å². The van der Waals surface area contributed by atoms with Crippen LogP contribution in [0, 0.1) is 0 Å². The van der Waals surface area contributed by atoms with E-state index in [1.54, 1.807) is 42.2 Å². The first-order valence-electron chi connectivity index (χ1n) is 10.1. The quantitative estimate of drug-likeness (QED) is 0.572. The summed E-state index contributed by atoms with van der Waals surface area (Å²) in [6.45, 7) is 3.05. The van der Waals surface area contributed by atoms with Crippen molar-refractivity contribution in [2.75, 3.05) is 30.3 Å². The van der Waals surface area contributed by atoms with Crippen molar-refractivity contribution in [1.82, 2.24) is 10.2 Å². The Morgan fingerprint density at radius 3 is 2.52 bits per heavy atom. The molecule has 1 fully saturated rings. The van der Waals surface area contributed by atoms with Crippen molar-refractivity contribution in [2.45, 2.75) is 25.4 Å². The number of ether oxygens (including phenoxy) is 1. The molecule has 0 saturated carbocycles. The van der Waals surface area contributed by atoms with Crippen LogP contribution < -0.4 is 16.0 Å².